The van der Waals surface area contributed by atoms with Crippen LogP contribution in [0.15, 0.2) is 0 Å². The summed E-state index contributed by atoms with van der Waals surface area (Å²) < 4.78 is 0. The molecule has 0 aromatic heterocycles. The van der Waals surface area contributed by atoms with E-state index in [0.29, 0.717) is 6.42 Å². The van der Waals surface area contributed by atoms with Crippen molar-refractivity contribution < 1.29 is 9.59 Å². The van der Waals surface area contributed by atoms with E-state index in [9.17, 15) is 9.59 Å². The van der Waals surface area contributed by atoms with E-state index in [4.69, 9.17) is 0 Å². The van der Waals surface area contributed by atoms with Crippen molar-refractivity contribution in [2.45, 2.75) is 39.0 Å². The first kappa shape index (κ1) is 11.8. The van der Waals surface area contributed by atoms with Crippen molar-refractivity contribution in [2.75, 3.05) is 5.33 Å². The van der Waals surface area contributed by atoms with Gasteiger partial charge in [0.25, 0.3) is 0 Å². The maximum absolute atomic E-state index is 11.0. The van der Waals surface area contributed by atoms with Crippen LogP contribution in [0.1, 0.15) is 39.0 Å². The number of unbranched alkanes of at least 4 members (excludes halogenated alkanes) is 2. The highest BCUT2D eigenvalue weighted by molar-refractivity contribution is 9.09. The van der Waals surface area contributed by atoms with E-state index in [0.717, 1.165) is 24.6 Å². The number of alkyl halides is 1. The Morgan fingerprint density at radius 3 is 2.33 bits per heavy atom. The Bertz CT molecular complexity index is 155. The zero-order valence-electron chi connectivity index (χ0n) is 7.44. The Balaban J connectivity index is 3.26. The molecule has 0 saturated heterocycles. The lowest BCUT2D eigenvalue weighted by Gasteiger charge is -1.97. The van der Waals surface area contributed by atoms with Gasteiger partial charge in [0.1, 0.15) is 11.6 Å². The monoisotopic (exact) mass is 234 g/mol. The standard InChI is InChI=1S/C9H15BrO2/c1-8(11)7-9(12)5-3-2-4-6-10/h2-7H2,1H3. The summed E-state index contributed by atoms with van der Waals surface area (Å²) in [6.07, 6.45) is 3.76. The number of hydrogen-bond acceptors (Lipinski definition) is 2. The van der Waals surface area contributed by atoms with E-state index in [-0.39, 0.29) is 18.0 Å². The SMILES string of the molecule is CC(=O)CC(=O)CCCCCBr. The van der Waals surface area contributed by atoms with Crippen LogP contribution in [0.4, 0.5) is 0 Å². The second kappa shape index (κ2) is 7.47. The van der Waals surface area contributed by atoms with Gasteiger partial charge >= 0.3 is 0 Å². The maximum Gasteiger partial charge on any atom is 0.140 e. The summed E-state index contributed by atoms with van der Waals surface area (Å²) in [6, 6.07) is 0. The molecule has 0 heterocycles. The quantitative estimate of drug-likeness (QED) is 0.386. The summed E-state index contributed by atoms with van der Waals surface area (Å²) >= 11 is 3.32. The van der Waals surface area contributed by atoms with Gasteiger partial charge in [-0.1, -0.05) is 22.4 Å². The summed E-state index contributed by atoms with van der Waals surface area (Å²) in [5.41, 5.74) is 0. The molecule has 0 radical (unpaired) electrons. The van der Waals surface area contributed by atoms with Crippen molar-refractivity contribution in [1.29, 1.82) is 0 Å². The molecule has 0 atom stereocenters. The van der Waals surface area contributed by atoms with Crippen molar-refractivity contribution in [3.63, 3.8) is 0 Å². The van der Waals surface area contributed by atoms with Gasteiger partial charge in [-0.2, -0.15) is 0 Å². The summed E-state index contributed by atoms with van der Waals surface area (Å²) in [6.45, 7) is 1.45. The zero-order valence-corrected chi connectivity index (χ0v) is 9.02. The third kappa shape index (κ3) is 7.92. The molecular weight excluding hydrogens is 220 g/mol. The third-order valence-electron chi connectivity index (χ3n) is 1.54. The van der Waals surface area contributed by atoms with E-state index in [1.165, 1.54) is 6.92 Å². The van der Waals surface area contributed by atoms with Crippen LogP contribution < -0.4 is 0 Å². The van der Waals surface area contributed by atoms with E-state index in [1.54, 1.807) is 0 Å². The highest BCUT2D eigenvalue weighted by atomic mass is 79.9. The average molecular weight is 235 g/mol. The predicted octanol–water partition coefficient (Wildman–Crippen LogP) is 2.49. The molecular formula is C9H15BrO2. The topological polar surface area (TPSA) is 34.1 Å². The Kier molecular flexibility index (Phi) is 7.36. The van der Waals surface area contributed by atoms with Crippen molar-refractivity contribution in [2.24, 2.45) is 0 Å². The molecule has 0 spiro atoms. The third-order valence-corrected chi connectivity index (χ3v) is 2.10. The van der Waals surface area contributed by atoms with Crippen LogP contribution in [0.5, 0.6) is 0 Å². The van der Waals surface area contributed by atoms with Gasteiger partial charge in [0.15, 0.2) is 0 Å². The normalized spacial score (nSPS) is 9.83. The van der Waals surface area contributed by atoms with Gasteiger partial charge in [0.2, 0.25) is 0 Å². The number of hydrogen-bond donors (Lipinski definition) is 0. The molecule has 70 valence electrons. The first-order chi connectivity index (χ1) is 5.66. The summed E-state index contributed by atoms with van der Waals surface area (Å²) in [7, 11) is 0. The molecule has 12 heavy (non-hydrogen) atoms. The van der Waals surface area contributed by atoms with Crippen molar-refractivity contribution in [3.8, 4) is 0 Å². The summed E-state index contributed by atoms with van der Waals surface area (Å²) in [5.74, 6) is 0.0533. The second-order valence-electron chi connectivity index (χ2n) is 2.92. The highest BCUT2D eigenvalue weighted by Crippen LogP contribution is 2.04. The van der Waals surface area contributed by atoms with Crippen LogP contribution in [0.3, 0.4) is 0 Å². The molecule has 2 nitrogen and oxygen atoms in total. The van der Waals surface area contributed by atoms with E-state index in [1.807, 2.05) is 0 Å². The molecule has 0 aromatic rings. The molecule has 0 aliphatic rings. The summed E-state index contributed by atoms with van der Waals surface area (Å²) in [4.78, 5) is 21.5. The van der Waals surface area contributed by atoms with E-state index in [2.05, 4.69) is 15.9 Å². The first-order valence-corrected chi connectivity index (χ1v) is 5.36. The number of rotatable bonds is 7. The highest BCUT2D eigenvalue weighted by Gasteiger charge is 2.03. The molecule has 0 saturated carbocycles. The van der Waals surface area contributed by atoms with E-state index >= 15 is 0 Å². The first-order valence-electron chi connectivity index (χ1n) is 4.24. The average Bonchev–Trinajstić information content (AvgIpc) is 1.97. The number of carbonyl (C=O) groups is 2. The lowest BCUT2D eigenvalue weighted by atomic mass is 10.1. The molecule has 0 aliphatic carbocycles. The lowest BCUT2D eigenvalue weighted by molar-refractivity contribution is -0.125. The molecule has 0 aliphatic heterocycles. The minimum Gasteiger partial charge on any atom is -0.300 e. The Hall–Kier alpha value is -0.180. The Morgan fingerprint density at radius 2 is 1.83 bits per heavy atom. The number of halogens is 1. The second-order valence-corrected chi connectivity index (χ2v) is 3.71. The number of ketones is 2. The van der Waals surface area contributed by atoms with Crippen LogP contribution in [0.25, 0.3) is 0 Å². The largest absolute Gasteiger partial charge is 0.300 e. The van der Waals surface area contributed by atoms with Crippen LogP contribution in [0.2, 0.25) is 0 Å². The van der Waals surface area contributed by atoms with Gasteiger partial charge < -0.3 is 0 Å². The smallest absolute Gasteiger partial charge is 0.140 e. The van der Waals surface area contributed by atoms with Gasteiger partial charge in [0.05, 0.1) is 6.42 Å². The van der Waals surface area contributed by atoms with E-state index < -0.39 is 0 Å². The fourth-order valence-corrected chi connectivity index (χ4v) is 1.36. The fourth-order valence-electron chi connectivity index (χ4n) is 0.959. The number of Topliss-reactive ketones (excluding diaryl/α,β-unsaturated/α-hetero) is 2. The van der Waals surface area contributed by atoms with Gasteiger partial charge in [-0.3, -0.25) is 9.59 Å². The molecule has 0 bridgehead atoms. The molecule has 3 heteroatoms. The molecule has 0 unspecified atom stereocenters. The van der Waals surface area contributed by atoms with Gasteiger partial charge in [-0.25, -0.2) is 0 Å². The lowest BCUT2D eigenvalue weighted by Crippen LogP contribution is -2.03. The minimum absolute atomic E-state index is 0.0273. The van der Waals surface area contributed by atoms with Crippen LogP contribution in [-0.4, -0.2) is 16.9 Å². The van der Waals surface area contributed by atoms with Gasteiger partial charge in [-0.15, -0.1) is 0 Å². The van der Waals surface area contributed by atoms with Crippen LogP contribution in [-0.2, 0) is 9.59 Å². The molecule has 0 N–H and O–H groups in total. The van der Waals surface area contributed by atoms with Gasteiger partial charge in [0, 0.05) is 11.8 Å². The maximum atomic E-state index is 11.0. The Labute approximate surface area is 81.8 Å². The molecule has 0 aromatic carbocycles. The minimum atomic E-state index is -0.0273. The predicted molar refractivity (Wildman–Crippen MR) is 52.6 cm³/mol. The van der Waals surface area contributed by atoms with Crippen LogP contribution in [0, 0.1) is 0 Å². The molecule has 0 fully saturated rings. The fraction of sp³-hybridized carbons (Fsp3) is 0.778. The Morgan fingerprint density at radius 1 is 1.17 bits per heavy atom. The van der Waals surface area contributed by atoms with Crippen molar-refractivity contribution in [3.05, 3.63) is 0 Å². The number of carbonyl (C=O) groups excluding carboxylic acids is 2. The molecule has 0 rings (SSSR count). The summed E-state index contributed by atoms with van der Waals surface area (Å²) in [5, 5.41) is 0.994. The van der Waals surface area contributed by atoms with Crippen LogP contribution >= 0.6 is 15.9 Å². The van der Waals surface area contributed by atoms with Gasteiger partial charge in [-0.05, 0) is 19.8 Å². The van der Waals surface area contributed by atoms with Crippen molar-refractivity contribution in [1.82, 2.24) is 0 Å². The van der Waals surface area contributed by atoms with Crippen molar-refractivity contribution >= 4 is 27.5 Å². The molecule has 0 amide bonds. The zero-order chi connectivity index (χ0) is 9.40.